The number of amides is 2. The molecule has 146 valence electrons. The van der Waals surface area contributed by atoms with Crippen LogP contribution in [-0.4, -0.2) is 32.6 Å². The molecule has 2 amide bonds. The number of nitrogens with zero attached hydrogens (tertiary/aromatic N) is 3. The van der Waals surface area contributed by atoms with Gasteiger partial charge >= 0.3 is 0 Å². The van der Waals surface area contributed by atoms with E-state index in [0.717, 1.165) is 10.1 Å². The monoisotopic (exact) mass is 399 g/mol. The van der Waals surface area contributed by atoms with E-state index >= 15 is 0 Å². The molecule has 0 saturated carbocycles. The lowest BCUT2D eigenvalue weighted by Gasteiger charge is -2.21. The van der Waals surface area contributed by atoms with Gasteiger partial charge in [0, 0.05) is 17.6 Å². The van der Waals surface area contributed by atoms with Gasteiger partial charge in [0.25, 0.3) is 5.91 Å². The molecular weight excluding hydrogens is 378 g/mol. The first-order valence-corrected chi connectivity index (χ1v) is 9.53. The van der Waals surface area contributed by atoms with E-state index in [1.165, 1.54) is 18.0 Å². The smallest absolute Gasteiger partial charge is 0.287 e. The number of rotatable bonds is 7. The predicted octanol–water partition coefficient (Wildman–Crippen LogP) is 2.95. The number of carbonyl (C=O) groups is 2. The molecule has 2 N–H and O–H groups in total. The molecule has 2 aromatic heterocycles. The van der Waals surface area contributed by atoms with Crippen molar-refractivity contribution in [3.05, 3.63) is 54.7 Å². The Hall–Kier alpha value is -3.07. The summed E-state index contributed by atoms with van der Waals surface area (Å²) < 4.78 is 6.91. The van der Waals surface area contributed by atoms with Gasteiger partial charge in [-0.3, -0.25) is 9.59 Å². The Balaban J connectivity index is 1.63. The zero-order chi connectivity index (χ0) is 20.1. The highest BCUT2D eigenvalue weighted by Gasteiger charge is 2.25. The lowest BCUT2D eigenvalue weighted by molar-refractivity contribution is -0.118. The molecule has 0 aliphatic carbocycles. The molecule has 1 atom stereocenters. The molecular formula is C19H21N5O3S. The third-order valence-corrected chi connectivity index (χ3v) is 5.04. The Kier molecular flexibility index (Phi) is 6.15. The van der Waals surface area contributed by atoms with Crippen molar-refractivity contribution in [3.8, 4) is 0 Å². The van der Waals surface area contributed by atoms with Crippen molar-refractivity contribution in [3.63, 3.8) is 0 Å². The maximum absolute atomic E-state index is 12.7. The minimum atomic E-state index is -0.690. The summed E-state index contributed by atoms with van der Waals surface area (Å²) in [6.07, 6.45) is 3.06. The number of benzene rings is 1. The van der Waals surface area contributed by atoms with Gasteiger partial charge in [0.1, 0.15) is 12.4 Å². The van der Waals surface area contributed by atoms with Gasteiger partial charge in [-0.25, -0.2) is 0 Å². The molecule has 0 radical (unpaired) electrons. The molecule has 0 aliphatic heterocycles. The van der Waals surface area contributed by atoms with Crippen molar-refractivity contribution in [2.45, 2.75) is 29.9 Å². The molecule has 0 aliphatic rings. The first-order chi connectivity index (χ1) is 13.4. The summed E-state index contributed by atoms with van der Waals surface area (Å²) in [6, 6.07) is 9.88. The summed E-state index contributed by atoms with van der Waals surface area (Å²) in [4.78, 5) is 25.8. The summed E-state index contributed by atoms with van der Waals surface area (Å²) in [6.45, 7) is 3.74. The van der Waals surface area contributed by atoms with Crippen molar-refractivity contribution in [2.24, 2.45) is 13.0 Å². The third kappa shape index (κ3) is 4.80. The zero-order valence-corrected chi connectivity index (χ0v) is 16.6. The maximum atomic E-state index is 12.7. The normalized spacial score (nSPS) is 12.0. The summed E-state index contributed by atoms with van der Waals surface area (Å²) in [7, 11) is 1.87. The lowest BCUT2D eigenvalue weighted by Crippen LogP contribution is -2.47. The van der Waals surface area contributed by atoms with Crippen molar-refractivity contribution in [1.82, 2.24) is 20.1 Å². The molecule has 1 aromatic carbocycles. The molecule has 3 rings (SSSR count). The number of aromatic nitrogens is 3. The lowest BCUT2D eigenvalue weighted by atomic mass is 10.0. The van der Waals surface area contributed by atoms with Crippen molar-refractivity contribution in [1.29, 1.82) is 0 Å². The number of carbonyl (C=O) groups excluding carboxylic acids is 2. The number of furan rings is 1. The van der Waals surface area contributed by atoms with Crippen LogP contribution < -0.4 is 10.6 Å². The fourth-order valence-electron chi connectivity index (χ4n) is 2.45. The first kappa shape index (κ1) is 19.7. The molecule has 2 heterocycles. The van der Waals surface area contributed by atoms with E-state index in [1.807, 2.05) is 49.7 Å². The van der Waals surface area contributed by atoms with Gasteiger partial charge in [0.2, 0.25) is 5.91 Å². The number of anilines is 1. The Labute approximate surface area is 166 Å². The minimum absolute atomic E-state index is 0.0929. The topological polar surface area (TPSA) is 102 Å². The van der Waals surface area contributed by atoms with E-state index in [0.29, 0.717) is 5.69 Å². The van der Waals surface area contributed by atoms with Crippen LogP contribution in [0, 0.1) is 5.92 Å². The van der Waals surface area contributed by atoms with Crippen LogP contribution >= 0.6 is 11.8 Å². The second-order valence-corrected chi connectivity index (χ2v) is 7.55. The van der Waals surface area contributed by atoms with Gasteiger partial charge in [0.05, 0.1) is 6.26 Å². The Morgan fingerprint density at radius 3 is 2.50 bits per heavy atom. The molecule has 8 nitrogen and oxygen atoms in total. The van der Waals surface area contributed by atoms with E-state index in [-0.39, 0.29) is 17.6 Å². The number of aryl methyl sites for hydroxylation is 1. The standard InChI is InChI=1S/C19H21N5O3S/c1-12(2)16(22-17(25)15-5-4-10-27-15)18(26)21-13-6-8-14(9-7-13)28-19-23-20-11-24(19)3/h4-12,16H,1-3H3,(H,21,26)(H,22,25). The van der Waals surface area contributed by atoms with Crippen molar-refractivity contribution in [2.75, 3.05) is 5.32 Å². The van der Waals surface area contributed by atoms with E-state index in [9.17, 15) is 9.59 Å². The summed E-state index contributed by atoms with van der Waals surface area (Å²) in [5, 5.41) is 14.2. The zero-order valence-electron chi connectivity index (χ0n) is 15.7. The van der Waals surface area contributed by atoms with Crippen LogP contribution in [0.3, 0.4) is 0 Å². The summed E-state index contributed by atoms with van der Waals surface area (Å²) in [5.41, 5.74) is 0.644. The first-order valence-electron chi connectivity index (χ1n) is 8.71. The van der Waals surface area contributed by atoms with Gasteiger partial charge in [-0.15, -0.1) is 10.2 Å². The molecule has 9 heteroatoms. The molecule has 0 spiro atoms. The van der Waals surface area contributed by atoms with E-state index in [1.54, 1.807) is 18.5 Å². The van der Waals surface area contributed by atoms with Crippen LogP contribution in [0.15, 0.2) is 63.5 Å². The van der Waals surface area contributed by atoms with Crippen molar-refractivity contribution >= 4 is 29.3 Å². The maximum Gasteiger partial charge on any atom is 0.287 e. The van der Waals surface area contributed by atoms with Crippen LogP contribution in [0.1, 0.15) is 24.4 Å². The highest BCUT2D eigenvalue weighted by atomic mass is 32.2. The molecule has 0 saturated heterocycles. The summed E-state index contributed by atoms with van der Waals surface area (Å²) in [5.74, 6) is -0.633. The SMILES string of the molecule is CC(C)C(NC(=O)c1ccco1)C(=O)Nc1ccc(Sc2nncn2C)cc1. The predicted molar refractivity (Wildman–Crippen MR) is 105 cm³/mol. The molecule has 3 aromatic rings. The highest BCUT2D eigenvalue weighted by molar-refractivity contribution is 7.99. The number of hydrogen-bond donors (Lipinski definition) is 2. The average molecular weight is 399 g/mol. The number of hydrogen-bond acceptors (Lipinski definition) is 6. The van der Waals surface area contributed by atoms with Gasteiger partial charge in [-0.05, 0) is 54.1 Å². The largest absolute Gasteiger partial charge is 0.459 e. The van der Waals surface area contributed by atoms with Gasteiger partial charge in [0.15, 0.2) is 10.9 Å². The van der Waals surface area contributed by atoms with Gasteiger partial charge in [-0.2, -0.15) is 0 Å². The number of nitrogens with one attached hydrogen (secondary N) is 2. The third-order valence-electron chi connectivity index (χ3n) is 3.98. The van der Waals surface area contributed by atoms with Crippen LogP contribution in [0.25, 0.3) is 0 Å². The van der Waals surface area contributed by atoms with Gasteiger partial charge in [-0.1, -0.05) is 13.8 Å². The van der Waals surface area contributed by atoms with Crippen LogP contribution in [0.2, 0.25) is 0 Å². The average Bonchev–Trinajstić information content (AvgIpc) is 3.33. The Bertz CT molecular complexity index is 935. The second kappa shape index (κ2) is 8.75. The van der Waals surface area contributed by atoms with Gasteiger partial charge < -0.3 is 19.6 Å². The molecule has 28 heavy (non-hydrogen) atoms. The highest BCUT2D eigenvalue weighted by Crippen LogP contribution is 2.26. The van der Waals surface area contributed by atoms with Crippen LogP contribution in [0.4, 0.5) is 5.69 Å². The fraction of sp³-hybridized carbons (Fsp3) is 0.263. The Morgan fingerprint density at radius 2 is 1.93 bits per heavy atom. The van der Waals surface area contributed by atoms with E-state index in [2.05, 4.69) is 20.8 Å². The molecule has 0 fully saturated rings. The molecule has 1 unspecified atom stereocenters. The van der Waals surface area contributed by atoms with Crippen molar-refractivity contribution < 1.29 is 14.0 Å². The van der Waals surface area contributed by atoms with Crippen LogP contribution in [0.5, 0.6) is 0 Å². The quantitative estimate of drug-likeness (QED) is 0.633. The summed E-state index contributed by atoms with van der Waals surface area (Å²) >= 11 is 1.48. The van der Waals surface area contributed by atoms with E-state index in [4.69, 9.17) is 4.42 Å². The minimum Gasteiger partial charge on any atom is -0.459 e. The van der Waals surface area contributed by atoms with E-state index < -0.39 is 11.9 Å². The van der Waals surface area contributed by atoms with Crippen LogP contribution in [-0.2, 0) is 11.8 Å². The fourth-order valence-corrected chi connectivity index (χ4v) is 3.21. The molecule has 0 bridgehead atoms. The Morgan fingerprint density at radius 1 is 1.18 bits per heavy atom. The second-order valence-electron chi connectivity index (χ2n) is 6.51.